The average molecular weight is 268 g/mol. The number of aryl methyl sites for hydroxylation is 2. The van der Waals surface area contributed by atoms with Crippen LogP contribution >= 0.6 is 11.6 Å². The van der Waals surface area contributed by atoms with Gasteiger partial charge in [-0.1, -0.05) is 6.07 Å². The molecule has 0 saturated carbocycles. The maximum atomic E-state index is 11.2. The molecule has 1 aromatic rings. The molecule has 18 heavy (non-hydrogen) atoms. The first kappa shape index (κ1) is 13.2. The molecule has 0 radical (unpaired) electrons. The number of amides is 1. The van der Waals surface area contributed by atoms with Gasteiger partial charge < -0.3 is 10.1 Å². The van der Waals surface area contributed by atoms with E-state index in [0.717, 1.165) is 12.2 Å². The number of rotatable bonds is 5. The van der Waals surface area contributed by atoms with Gasteiger partial charge in [-0.05, 0) is 49.4 Å². The second-order valence-corrected chi connectivity index (χ2v) is 5.19. The molecule has 0 bridgehead atoms. The lowest BCUT2D eigenvalue weighted by molar-refractivity contribution is -0.120. The van der Waals surface area contributed by atoms with E-state index in [9.17, 15) is 4.79 Å². The molecule has 0 aromatic heterocycles. The minimum atomic E-state index is -0.495. The van der Waals surface area contributed by atoms with Crippen molar-refractivity contribution in [1.29, 1.82) is 0 Å². The first-order valence-electron chi connectivity index (χ1n) is 6.33. The zero-order chi connectivity index (χ0) is 13.0. The van der Waals surface area contributed by atoms with Crippen LogP contribution in [-0.4, -0.2) is 24.4 Å². The summed E-state index contributed by atoms with van der Waals surface area (Å²) < 4.78 is 5.60. The van der Waals surface area contributed by atoms with Crippen molar-refractivity contribution in [2.24, 2.45) is 0 Å². The highest BCUT2D eigenvalue weighted by Crippen LogP contribution is 2.25. The maximum absolute atomic E-state index is 11.2. The minimum Gasteiger partial charge on any atom is -0.492 e. The van der Waals surface area contributed by atoms with E-state index in [1.165, 1.54) is 24.0 Å². The molecular formula is C14H18ClNO2. The van der Waals surface area contributed by atoms with Gasteiger partial charge in [0.15, 0.2) is 0 Å². The zero-order valence-electron chi connectivity index (χ0n) is 10.5. The molecule has 4 heteroatoms. The fraction of sp³-hybridized carbons (Fsp3) is 0.500. The number of nitrogens with one attached hydrogen (secondary N) is 1. The number of hydrogen-bond acceptors (Lipinski definition) is 2. The van der Waals surface area contributed by atoms with Crippen LogP contribution in [0.5, 0.6) is 5.75 Å². The van der Waals surface area contributed by atoms with Crippen LogP contribution in [0.25, 0.3) is 0 Å². The second-order valence-electron chi connectivity index (χ2n) is 4.54. The molecule has 0 heterocycles. The van der Waals surface area contributed by atoms with E-state index in [1.54, 1.807) is 6.92 Å². The number of carbonyl (C=O) groups excluding carboxylic acids is 1. The lowest BCUT2D eigenvalue weighted by Crippen LogP contribution is -2.32. The van der Waals surface area contributed by atoms with Crippen LogP contribution < -0.4 is 10.1 Å². The summed E-state index contributed by atoms with van der Waals surface area (Å²) in [5.74, 6) is 0.720. The SMILES string of the molecule is CC(Cl)C(=O)NCCOc1ccc2c(c1)CCC2. The van der Waals surface area contributed by atoms with Gasteiger partial charge in [-0.3, -0.25) is 4.79 Å². The number of halogens is 1. The first-order valence-corrected chi connectivity index (χ1v) is 6.77. The predicted octanol–water partition coefficient (Wildman–Crippen LogP) is 2.30. The molecule has 1 unspecified atom stereocenters. The maximum Gasteiger partial charge on any atom is 0.237 e. The fourth-order valence-electron chi connectivity index (χ4n) is 2.12. The Morgan fingerprint density at radius 3 is 3.00 bits per heavy atom. The van der Waals surface area contributed by atoms with Gasteiger partial charge in [0, 0.05) is 0 Å². The van der Waals surface area contributed by atoms with Gasteiger partial charge >= 0.3 is 0 Å². The van der Waals surface area contributed by atoms with Crippen LogP contribution in [0.15, 0.2) is 18.2 Å². The zero-order valence-corrected chi connectivity index (χ0v) is 11.3. The van der Waals surface area contributed by atoms with Crippen LogP contribution in [-0.2, 0) is 17.6 Å². The largest absolute Gasteiger partial charge is 0.492 e. The van der Waals surface area contributed by atoms with E-state index < -0.39 is 5.38 Å². The van der Waals surface area contributed by atoms with Crippen molar-refractivity contribution in [3.8, 4) is 5.75 Å². The molecule has 1 aromatic carbocycles. The van der Waals surface area contributed by atoms with E-state index in [2.05, 4.69) is 17.4 Å². The summed E-state index contributed by atoms with van der Waals surface area (Å²) in [7, 11) is 0. The molecule has 3 nitrogen and oxygen atoms in total. The lowest BCUT2D eigenvalue weighted by atomic mass is 10.1. The molecule has 98 valence electrons. The monoisotopic (exact) mass is 267 g/mol. The Morgan fingerprint density at radius 2 is 2.22 bits per heavy atom. The molecule has 1 N–H and O–H groups in total. The van der Waals surface area contributed by atoms with Gasteiger partial charge in [0.2, 0.25) is 5.91 Å². The highest BCUT2D eigenvalue weighted by molar-refractivity contribution is 6.30. The Balaban J connectivity index is 1.75. The third kappa shape index (κ3) is 3.39. The van der Waals surface area contributed by atoms with Crippen molar-refractivity contribution < 1.29 is 9.53 Å². The van der Waals surface area contributed by atoms with Crippen molar-refractivity contribution in [2.75, 3.05) is 13.2 Å². The number of hydrogen-bond donors (Lipinski definition) is 1. The topological polar surface area (TPSA) is 38.3 Å². The van der Waals surface area contributed by atoms with Crippen LogP contribution in [0.2, 0.25) is 0 Å². The Bertz CT molecular complexity index is 432. The smallest absolute Gasteiger partial charge is 0.237 e. The van der Waals surface area contributed by atoms with Crippen LogP contribution in [0.3, 0.4) is 0 Å². The summed E-state index contributed by atoms with van der Waals surface area (Å²) >= 11 is 5.64. The van der Waals surface area contributed by atoms with Gasteiger partial charge in [0.05, 0.1) is 6.54 Å². The van der Waals surface area contributed by atoms with Crippen LogP contribution in [0, 0.1) is 0 Å². The molecule has 1 atom stereocenters. The van der Waals surface area contributed by atoms with Crippen molar-refractivity contribution in [2.45, 2.75) is 31.6 Å². The Kier molecular flexibility index (Phi) is 4.48. The highest BCUT2D eigenvalue weighted by Gasteiger charge is 2.11. The number of alkyl halides is 1. The van der Waals surface area contributed by atoms with Crippen molar-refractivity contribution in [1.82, 2.24) is 5.32 Å². The second kappa shape index (κ2) is 6.10. The number of fused-ring (bicyclic) bond motifs is 1. The molecule has 1 amide bonds. The summed E-state index contributed by atoms with van der Waals surface area (Å²) in [6.45, 7) is 2.60. The number of carbonyl (C=O) groups is 1. The predicted molar refractivity (Wildman–Crippen MR) is 72.3 cm³/mol. The molecule has 0 aliphatic heterocycles. The van der Waals surface area contributed by atoms with Crippen molar-refractivity contribution in [3.63, 3.8) is 0 Å². The Morgan fingerprint density at radius 1 is 1.44 bits per heavy atom. The van der Waals surface area contributed by atoms with E-state index >= 15 is 0 Å². The summed E-state index contributed by atoms with van der Waals surface area (Å²) in [5.41, 5.74) is 2.83. The molecule has 1 aliphatic rings. The van der Waals surface area contributed by atoms with E-state index in [-0.39, 0.29) is 5.91 Å². The number of benzene rings is 1. The van der Waals surface area contributed by atoms with Crippen molar-refractivity contribution in [3.05, 3.63) is 29.3 Å². The van der Waals surface area contributed by atoms with Gasteiger partial charge in [-0.25, -0.2) is 0 Å². The van der Waals surface area contributed by atoms with Crippen molar-refractivity contribution >= 4 is 17.5 Å². The standard InChI is InChI=1S/C14H18ClNO2/c1-10(15)14(17)16-7-8-18-13-6-5-11-3-2-4-12(11)9-13/h5-6,9-10H,2-4,7-8H2,1H3,(H,16,17). The van der Waals surface area contributed by atoms with Gasteiger partial charge in [-0.15, -0.1) is 11.6 Å². The first-order chi connectivity index (χ1) is 8.66. The Labute approximate surface area is 112 Å². The molecule has 0 saturated heterocycles. The lowest BCUT2D eigenvalue weighted by Gasteiger charge is -2.09. The molecular weight excluding hydrogens is 250 g/mol. The highest BCUT2D eigenvalue weighted by atomic mass is 35.5. The van der Waals surface area contributed by atoms with E-state index in [4.69, 9.17) is 16.3 Å². The van der Waals surface area contributed by atoms with Crippen LogP contribution in [0.4, 0.5) is 0 Å². The summed E-state index contributed by atoms with van der Waals surface area (Å²) in [5, 5.41) is 2.21. The summed E-state index contributed by atoms with van der Waals surface area (Å²) in [6.07, 6.45) is 3.56. The van der Waals surface area contributed by atoms with E-state index in [1.807, 2.05) is 6.07 Å². The third-order valence-electron chi connectivity index (χ3n) is 3.10. The molecule has 0 fully saturated rings. The Hall–Kier alpha value is -1.22. The quantitative estimate of drug-likeness (QED) is 0.657. The average Bonchev–Trinajstić information content (AvgIpc) is 2.81. The van der Waals surface area contributed by atoms with E-state index in [0.29, 0.717) is 13.2 Å². The summed E-state index contributed by atoms with van der Waals surface area (Å²) in [4.78, 5) is 11.2. The van der Waals surface area contributed by atoms with Gasteiger partial charge in [0.25, 0.3) is 0 Å². The molecule has 0 spiro atoms. The molecule has 2 rings (SSSR count). The summed E-state index contributed by atoms with van der Waals surface area (Å²) in [6, 6.07) is 6.24. The minimum absolute atomic E-state index is 0.158. The normalized spacial score (nSPS) is 15.0. The number of ether oxygens (including phenoxy) is 1. The van der Waals surface area contributed by atoms with Crippen LogP contribution in [0.1, 0.15) is 24.5 Å². The fourth-order valence-corrected chi connectivity index (χ4v) is 2.20. The molecule has 1 aliphatic carbocycles. The third-order valence-corrected chi connectivity index (χ3v) is 3.30. The van der Waals surface area contributed by atoms with Gasteiger partial charge in [-0.2, -0.15) is 0 Å². The van der Waals surface area contributed by atoms with Gasteiger partial charge in [0.1, 0.15) is 17.7 Å².